The van der Waals surface area contributed by atoms with Crippen LogP contribution < -0.4 is 4.74 Å². The smallest absolute Gasteiger partial charge is 0.137 e. The topological polar surface area (TPSA) is 26.3 Å². The Morgan fingerprint density at radius 2 is 2.05 bits per heavy atom. The molecule has 108 valence electrons. The minimum absolute atomic E-state index is 0.298. The summed E-state index contributed by atoms with van der Waals surface area (Å²) in [7, 11) is 0. The van der Waals surface area contributed by atoms with E-state index in [1.165, 1.54) is 11.1 Å². The van der Waals surface area contributed by atoms with Gasteiger partial charge in [-0.25, -0.2) is 0 Å². The molecule has 0 spiro atoms. The Morgan fingerprint density at radius 3 is 2.90 bits per heavy atom. The van der Waals surface area contributed by atoms with Crippen LogP contribution in [0.5, 0.6) is 5.75 Å². The van der Waals surface area contributed by atoms with E-state index in [0.717, 1.165) is 17.7 Å². The van der Waals surface area contributed by atoms with Crippen molar-refractivity contribution in [3.05, 3.63) is 65.2 Å². The average Bonchev–Trinajstić information content (AvgIpc) is 2.47. The molecule has 21 heavy (non-hydrogen) atoms. The summed E-state index contributed by atoms with van der Waals surface area (Å²) in [6.45, 7) is 2.77. The Morgan fingerprint density at radius 1 is 1.19 bits per heavy atom. The number of hydrogen-bond acceptors (Lipinski definition) is 2. The summed E-state index contributed by atoms with van der Waals surface area (Å²) < 4.78 is 5.66. The van der Waals surface area contributed by atoms with Crippen LogP contribution in [0.1, 0.15) is 35.4 Å². The molecule has 0 amide bonds. The van der Waals surface area contributed by atoms with Crippen molar-refractivity contribution >= 4 is 5.78 Å². The molecule has 1 aliphatic rings. The maximum absolute atomic E-state index is 12.4. The zero-order chi connectivity index (χ0) is 14.7. The van der Waals surface area contributed by atoms with Gasteiger partial charge in [0, 0.05) is 12.8 Å². The fourth-order valence-corrected chi connectivity index (χ4v) is 3.02. The number of rotatable bonds is 4. The molecular formula is C19H20O2. The lowest BCUT2D eigenvalue weighted by molar-refractivity contribution is -0.118. The number of ketones is 1. The van der Waals surface area contributed by atoms with Crippen LogP contribution in [0.2, 0.25) is 0 Å². The van der Waals surface area contributed by atoms with Crippen molar-refractivity contribution in [1.29, 1.82) is 0 Å². The molecule has 3 rings (SSSR count). The van der Waals surface area contributed by atoms with Crippen LogP contribution >= 0.6 is 0 Å². The molecule has 0 saturated carbocycles. The number of ether oxygens (including phenoxy) is 1. The third kappa shape index (κ3) is 3.33. The highest BCUT2D eigenvalue weighted by molar-refractivity contribution is 5.81. The first-order valence-electron chi connectivity index (χ1n) is 7.51. The van der Waals surface area contributed by atoms with Crippen molar-refractivity contribution in [1.82, 2.24) is 0 Å². The molecule has 0 saturated heterocycles. The van der Waals surface area contributed by atoms with Crippen LogP contribution in [0, 0.1) is 6.92 Å². The minimum atomic E-state index is 0.298. The molecule has 1 unspecified atom stereocenters. The predicted molar refractivity (Wildman–Crippen MR) is 83.8 cm³/mol. The Kier molecular flexibility index (Phi) is 4.05. The van der Waals surface area contributed by atoms with E-state index in [2.05, 4.69) is 25.1 Å². The van der Waals surface area contributed by atoms with E-state index in [0.29, 0.717) is 31.1 Å². The van der Waals surface area contributed by atoms with Gasteiger partial charge in [-0.1, -0.05) is 48.0 Å². The highest BCUT2D eigenvalue weighted by Gasteiger charge is 2.23. The maximum atomic E-state index is 12.4. The molecule has 1 atom stereocenters. The van der Waals surface area contributed by atoms with Gasteiger partial charge in [-0.3, -0.25) is 4.79 Å². The largest absolute Gasteiger partial charge is 0.493 e. The second-order valence-corrected chi connectivity index (χ2v) is 5.78. The first-order valence-corrected chi connectivity index (χ1v) is 7.51. The Bertz CT molecular complexity index is 646. The number of carbonyl (C=O) groups is 1. The molecule has 2 aromatic rings. The third-order valence-corrected chi connectivity index (χ3v) is 4.04. The molecule has 1 heterocycles. The summed E-state index contributed by atoms with van der Waals surface area (Å²) in [4.78, 5) is 12.4. The Balaban J connectivity index is 1.68. The zero-order valence-corrected chi connectivity index (χ0v) is 12.3. The SMILES string of the molecule is Cc1cccc(CC(=O)CC2CCOc3ccccc32)c1. The summed E-state index contributed by atoms with van der Waals surface area (Å²) in [5.74, 6) is 1.55. The van der Waals surface area contributed by atoms with Gasteiger partial charge in [0.1, 0.15) is 11.5 Å². The third-order valence-electron chi connectivity index (χ3n) is 4.04. The first-order chi connectivity index (χ1) is 10.2. The number of fused-ring (bicyclic) bond motifs is 1. The molecule has 0 radical (unpaired) electrons. The molecule has 0 N–H and O–H groups in total. The van der Waals surface area contributed by atoms with E-state index in [1.807, 2.05) is 30.3 Å². The summed E-state index contributed by atoms with van der Waals surface area (Å²) in [6.07, 6.45) is 2.06. The first kappa shape index (κ1) is 13.9. The molecule has 1 aliphatic heterocycles. The summed E-state index contributed by atoms with van der Waals surface area (Å²) in [5, 5.41) is 0. The van der Waals surface area contributed by atoms with Gasteiger partial charge in [0.25, 0.3) is 0 Å². The van der Waals surface area contributed by atoms with Gasteiger partial charge in [-0.15, -0.1) is 0 Å². The lowest BCUT2D eigenvalue weighted by Gasteiger charge is -2.25. The highest BCUT2D eigenvalue weighted by Crippen LogP contribution is 2.35. The second-order valence-electron chi connectivity index (χ2n) is 5.78. The lowest BCUT2D eigenvalue weighted by Crippen LogP contribution is -2.17. The maximum Gasteiger partial charge on any atom is 0.137 e. The summed E-state index contributed by atoms with van der Waals surface area (Å²) in [6, 6.07) is 16.3. The van der Waals surface area contributed by atoms with E-state index in [-0.39, 0.29) is 0 Å². The molecule has 0 bridgehead atoms. The number of para-hydroxylation sites is 1. The van der Waals surface area contributed by atoms with Crippen molar-refractivity contribution in [3.8, 4) is 5.75 Å². The number of Topliss-reactive ketones (excluding diaryl/α,β-unsaturated/α-hetero) is 1. The molecule has 0 aromatic heterocycles. The van der Waals surface area contributed by atoms with Crippen LogP contribution in [0.25, 0.3) is 0 Å². The number of hydrogen-bond donors (Lipinski definition) is 0. The standard InChI is InChI=1S/C19H20O2/c1-14-5-4-6-15(11-14)12-17(20)13-16-9-10-21-19-8-3-2-7-18(16)19/h2-8,11,16H,9-10,12-13H2,1H3. The van der Waals surface area contributed by atoms with Crippen molar-refractivity contribution in [2.75, 3.05) is 6.61 Å². The van der Waals surface area contributed by atoms with Gasteiger partial charge in [0.2, 0.25) is 0 Å². The predicted octanol–water partition coefficient (Wildman–Crippen LogP) is 4.06. The van der Waals surface area contributed by atoms with Gasteiger partial charge in [-0.05, 0) is 36.5 Å². The summed E-state index contributed by atoms with van der Waals surface area (Å²) >= 11 is 0. The van der Waals surface area contributed by atoms with Gasteiger partial charge in [0.15, 0.2) is 0 Å². The van der Waals surface area contributed by atoms with Crippen LogP contribution in [0.3, 0.4) is 0 Å². The number of carbonyl (C=O) groups excluding carboxylic acids is 1. The van der Waals surface area contributed by atoms with E-state index >= 15 is 0 Å². The minimum Gasteiger partial charge on any atom is -0.493 e. The molecular weight excluding hydrogens is 260 g/mol. The fraction of sp³-hybridized carbons (Fsp3) is 0.316. The van der Waals surface area contributed by atoms with E-state index in [1.54, 1.807) is 0 Å². The normalized spacial score (nSPS) is 16.9. The van der Waals surface area contributed by atoms with Gasteiger partial charge in [0.05, 0.1) is 6.61 Å². The van der Waals surface area contributed by atoms with Crippen LogP contribution in [0.15, 0.2) is 48.5 Å². The zero-order valence-electron chi connectivity index (χ0n) is 12.3. The van der Waals surface area contributed by atoms with Crippen molar-refractivity contribution < 1.29 is 9.53 Å². The molecule has 2 aromatic carbocycles. The van der Waals surface area contributed by atoms with Gasteiger partial charge < -0.3 is 4.74 Å². The lowest BCUT2D eigenvalue weighted by atomic mass is 9.87. The average molecular weight is 280 g/mol. The number of benzene rings is 2. The van der Waals surface area contributed by atoms with E-state index in [4.69, 9.17) is 4.74 Å². The Hall–Kier alpha value is -2.09. The Labute approximate surface area is 125 Å². The molecule has 2 nitrogen and oxygen atoms in total. The van der Waals surface area contributed by atoms with E-state index in [9.17, 15) is 4.79 Å². The van der Waals surface area contributed by atoms with Crippen molar-refractivity contribution in [2.45, 2.75) is 32.1 Å². The monoisotopic (exact) mass is 280 g/mol. The van der Waals surface area contributed by atoms with Gasteiger partial charge >= 0.3 is 0 Å². The van der Waals surface area contributed by atoms with Crippen LogP contribution in [-0.2, 0) is 11.2 Å². The van der Waals surface area contributed by atoms with Crippen molar-refractivity contribution in [2.24, 2.45) is 0 Å². The quantitative estimate of drug-likeness (QED) is 0.844. The molecule has 2 heteroatoms. The molecule has 0 fully saturated rings. The molecule has 0 aliphatic carbocycles. The van der Waals surface area contributed by atoms with Gasteiger partial charge in [-0.2, -0.15) is 0 Å². The second kappa shape index (κ2) is 6.13. The van der Waals surface area contributed by atoms with Crippen LogP contribution in [-0.4, -0.2) is 12.4 Å². The van der Waals surface area contributed by atoms with Crippen molar-refractivity contribution in [3.63, 3.8) is 0 Å². The highest BCUT2D eigenvalue weighted by atomic mass is 16.5. The van der Waals surface area contributed by atoms with Crippen LogP contribution in [0.4, 0.5) is 0 Å². The number of aryl methyl sites for hydroxylation is 1. The fourth-order valence-electron chi connectivity index (χ4n) is 3.02. The summed E-state index contributed by atoms with van der Waals surface area (Å²) in [5.41, 5.74) is 3.50. The van der Waals surface area contributed by atoms with E-state index < -0.39 is 0 Å².